The van der Waals surface area contributed by atoms with Crippen LogP contribution in [-0.2, 0) is 4.79 Å². The summed E-state index contributed by atoms with van der Waals surface area (Å²) in [4.78, 5) is 12.4. The van der Waals surface area contributed by atoms with Crippen LogP contribution in [0.4, 0.5) is 0 Å². The van der Waals surface area contributed by atoms with E-state index in [0.717, 1.165) is 18.7 Å². The van der Waals surface area contributed by atoms with E-state index >= 15 is 0 Å². The van der Waals surface area contributed by atoms with Crippen LogP contribution in [0.25, 0.3) is 0 Å². The van der Waals surface area contributed by atoms with E-state index in [9.17, 15) is 4.79 Å². The van der Waals surface area contributed by atoms with E-state index in [1.165, 1.54) is 0 Å². The Morgan fingerprint density at radius 2 is 2.41 bits per heavy atom. The van der Waals surface area contributed by atoms with Crippen molar-refractivity contribution >= 4 is 17.6 Å². The number of rotatable bonds is 4. The fraction of sp³-hybridized carbons (Fsp3) is 0.417. The summed E-state index contributed by atoms with van der Waals surface area (Å²) in [5, 5.41) is 9.33. The summed E-state index contributed by atoms with van der Waals surface area (Å²) in [7, 11) is 0. The second kappa shape index (κ2) is 5.38. The van der Waals surface area contributed by atoms with Crippen molar-refractivity contribution in [2.75, 3.05) is 19.6 Å². The van der Waals surface area contributed by atoms with Crippen LogP contribution >= 0.6 is 11.6 Å². The Balaban J connectivity index is 1.87. The van der Waals surface area contributed by atoms with Crippen LogP contribution in [0.1, 0.15) is 6.42 Å². The molecule has 0 aromatic heterocycles. The van der Waals surface area contributed by atoms with Crippen molar-refractivity contribution in [3.8, 4) is 5.75 Å². The molecular weight excluding hydrogens is 242 g/mol. The van der Waals surface area contributed by atoms with E-state index in [1.807, 2.05) is 17.0 Å². The first-order valence-electron chi connectivity index (χ1n) is 5.50. The highest BCUT2D eigenvalue weighted by atomic mass is 35.5. The molecule has 1 atom stereocenters. The van der Waals surface area contributed by atoms with Crippen molar-refractivity contribution in [2.45, 2.75) is 12.5 Å². The minimum atomic E-state index is -0.798. The summed E-state index contributed by atoms with van der Waals surface area (Å²) >= 11 is 5.86. The first kappa shape index (κ1) is 12.2. The van der Waals surface area contributed by atoms with Gasteiger partial charge in [-0.25, -0.2) is 0 Å². The monoisotopic (exact) mass is 255 g/mol. The Morgan fingerprint density at radius 1 is 1.59 bits per heavy atom. The minimum Gasteiger partial charge on any atom is -0.489 e. The summed E-state index contributed by atoms with van der Waals surface area (Å²) in [6.45, 7) is 1.49. The number of hydrogen-bond donors (Lipinski definition) is 1. The molecule has 4 nitrogen and oxygen atoms in total. The lowest BCUT2D eigenvalue weighted by molar-refractivity contribution is -0.138. The van der Waals surface area contributed by atoms with Crippen LogP contribution in [-0.4, -0.2) is 41.7 Å². The molecule has 1 unspecified atom stereocenters. The van der Waals surface area contributed by atoms with E-state index in [-0.39, 0.29) is 12.6 Å². The zero-order valence-corrected chi connectivity index (χ0v) is 10.1. The normalized spacial score (nSPS) is 20.4. The average molecular weight is 256 g/mol. The zero-order chi connectivity index (χ0) is 12.3. The molecule has 2 rings (SSSR count). The number of benzene rings is 1. The van der Waals surface area contributed by atoms with Gasteiger partial charge in [0.1, 0.15) is 11.9 Å². The number of hydrogen-bond acceptors (Lipinski definition) is 3. The highest BCUT2D eigenvalue weighted by Crippen LogP contribution is 2.21. The molecule has 0 radical (unpaired) electrons. The van der Waals surface area contributed by atoms with E-state index in [4.69, 9.17) is 21.4 Å². The smallest absolute Gasteiger partial charge is 0.317 e. The van der Waals surface area contributed by atoms with Crippen LogP contribution in [0, 0.1) is 0 Å². The molecule has 0 aliphatic carbocycles. The summed E-state index contributed by atoms with van der Waals surface area (Å²) in [5.74, 6) is -0.0620. The Hall–Kier alpha value is -1.26. The summed E-state index contributed by atoms with van der Waals surface area (Å²) in [6, 6.07) is 7.24. The number of nitrogens with zero attached hydrogens (tertiary/aromatic N) is 1. The SMILES string of the molecule is O=C(O)CN1CCC(Oc2cccc(Cl)c2)C1. The van der Waals surface area contributed by atoms with Gasteiger partial charge in [0.2, 0.25) is 0 Å². The predicted octanol–water partition coefficient (Wildman–Crippen LogP) is 1.88. The largest absolute Gasteiger partial charge is 0.489 e. The van der Waals surface area contributed by atoms with E-state index < -0.39 is 5.97 Å². The van der Waals surface area contributed by atoms with Gasteiger partial charge in [-0.15, -0.1) is 0 Å². The highest BCUT2D eigenvalue weighted by Gasteiger charge is 2.25. The molecule has 1 saturated heterocycles. The topological polar surface area (TPSA) is 49.8 Å². The molecular formula is C12H14ClNO3. The van der Waals surface area contributed by atoms with E-state index in [2.05, 4.69) is 0 Å². The van der Waals surface area contributed by atoms with Gasteiger partial charge in [-0.05, 0) is 24.6 Å². The standard InChI is InChI=1S/C12H14ClNO3/c13-9-2-1-3-10(6-9)17-11-4-5-14(7-11)8-12(15)16/h1-3,6,11H,4-5,7-8H2,(H,15,16). The molecule has 0 saturated carbocycles. The summed E-state index contributed by atoms with van der Waals surface area (Å²) in [6.07, 6.45) is 0.896. The van der Waals surface area contributed by atoms with Gasteiger partial charge in [0, 0.05) is 18.1 Å². The Morgan fingerprint density at radius 3 is 3.12 bits per heavy atom. The molecule has 0 bridgehead atoms. The third kappa shape index (κ3) is 3.61. The van der Waals surface area contributed by atoms with Gasteiger partial charge < -0.3 is 9.84 Å². The second-order valence-corrected chi connectivity index (χ2v) is 4.55. The molecule has 1 N–H and O–H groups in total. The fourth-order valence-electron chi connectivity index (χ4n) is 1.96. The maximum Gasteiger partial charge on any atom is 0.317 e. The quantitative estimate of drug-likeness (QED) is 0.893. The predicted molar refractivity (Wildman–Crippen MR) is 64.6 cm³/mol. The van der Waals surface area contributed by atoms with Crippen LogP contribution in [0.3, 0.4) is 0 Å². The fourth-order valence-corrected chi connectivity index (χ4v) is 2.14. The van der Waals surface area contributed by atoms with Crippen molar-refractivity contribution in [3.05, 3.63) is 29.3 Å². The van der Waals surface area contributed by atoms with Crippen LogP contribution in [0.15, 0.2) is 24.3 Å². The van der Waals surface area contributed by atoms with Gasteiger partial charge in [0.15, 0.2) is 0 Å². The molecule has 1 aliphatic heterocycles. The van der Waals surface area contributed by atoms with Gasteiger partial charge in [-0.1, -0.05) is 17.7 Å². The van der Waals surface area contributed by atoms with Crippen molar-refractivity contribution < 1.29 is 14.6 Å². The minimum absolute atomic E-state index is 0.0489. The van der Waals surface area contributed by atoms with Gasteiger partial charge >= 0.3 is 5.97 Å². The first-order chi connectivity index (χ1) is 8.13. The van der Waals surface area contributed by atoms with Crippen LogP contribution in [0.5, 0.6) is 5.75 Å². The highest BCUT2D eigenvalue weighted by molar-refractivity contribution is 6.30. The molecule has 0 spiro atoms. The van der Waals surface area contributed by atoms with E-state index in [0.29, 0.717) is 11.6 Å². The first-order valence-corrected chi connectivity index (χ1v) is 5.87. The third-order valence-corrected chi connectivity index (χ3v) is 2.92. The maximum absolute atomic E-state index is 10.6. The number of likely N-dealkylation sites (tertiary alicyclic amines) is 1. The van der Waals surface area contributed by atoms with Gasteiger partial charge in [0.25, 0.3) is 0 Å². The van der Waals surface area contributed by atoms with Gasteiger partial charge in [-0.3, -0.25) is 9.69 Å². The number of halogens is 1. The third-order valence-electron chi connectivity index (χ3n) is 2.69. The van der Waals surface area contributed by atoms with Crippen LogP contribution in [0.2, 0.25) is 5.02 Å². The van der Waals surface area contributed by atoms with Crippen molar-refractivity contribution in [1.29, 1.82) is 0 Å². The molecule has 1 heterocycles. The molecule has 17 heavy (non-hydrogen) atoms. The van der Waals surface area contributed by atoms with Gasteiger partial charge in [0.05, 0.1) is 6.54 Å². The summed E-state index contributed by atoms with van der Waals surface area (Å²) in [5.41, 5.74) is 0. The van der Waals surface area contributed by atoms with Crippen molar-refractivity contribution in [1.82, 2.24) is 4.90 Å². The average Bonchev–Trinajstić information content (AvgIpc) is 2.64. The number of carbonyl (C=O) groups is 1. The van der Waals surface area contributed by atoms with Crippen molar-refractivity contribution in [3.63, 3.8) is 0 Å². The maximum atomic E-state index is 10.6. The lowest BCUT2D eigenvalue weighted by Gasteiger charge is -2.15. The molecule has 1 fully saturated rings. The Labute approximate surface area is 105 Å². The Kier molecular flexibility index (Phi) is 3.86. The Bertz CT molecular complexity index is 410. The summed E-state index contributed by atoms with van der Waals surface area (Å²) < 4.78 is 5.75. The number of carboxylic acids is 1. The lowest BCUT2D eigenvalue weighted by Crippen LogP contribution is -2.29. The molecule has 92 valence electrons. The van der Waals surface area contributed by atoms with Crippen molar-refractivity contribution in [2.24, 2.45) is 0 Å². The van der Waals surface area contributed by atoms with Gasteiger partial charge in [-0.2, -0.15) is 0 Å². The zero-order valence-electron chi connectivity index (χ0n) is 9.30. The molecule has 1 aliphatic rings. The van der Waals surface area contributed by atoms with E-state index in [1.54, 1.807) is 12.1 Å². The number of aliphatic carboxylic acids is 1. The molecule has 1 aromatic rings. The van der Waals surface area contributed by atoms with Crippen LogP contribution < -0.4 is 4.74 Å². The second-order valence-electron chi connectivity index (χ2n) is 4.11. The lowest BCUT2D eigenvalue weighted by atomic mass is 10.3. The molecule has 0 amide bonds. The number of carboxylic acid groups (broad SMARTS) is 1. The molecule has 5 heteroatoms. The number of ether oxygens (including phenoxy) is 1. The molecule has 1 aromatic carbocycles.